The number of piperazine rings is 1. The topological polar surface area (TPSA) is 91.5 Å². The fourth-order valence-corrected chi connectivity index (χ4v) is 4.94. The number of H-pyrrole nitrogens is 1. The first-order valence-corrected chi connectivity index (χ1v) is 11.5. The molecule has 2 aromatic rings. The van der Waals surface area contributed by atoms with Crippen LogP contribution in [0.1, 0.15) is 71.2 Å². The zero-order chi connectivity index (χ0) is 23.2. The number of hydrogen-bond donors (Lipinski definition) is 2. The number of carbonyl (C=O) groups excluding carboxylic acids is 3. The Kier molecular flexibility index (Phi) is 5.77. The predicted octanol–water partition coefficient (Wildman–Crippen LogP) is 3.63. The Morgan fingerprint density at radius 3 is 2.62 bits per heavy atom. The molecule has 0 aliphatic carbocycles. The van der Waals surface area contributed by atoms with Crippen LogP contribution >= 0.6 is 0 Å². The molecule has 0 unspecified atom stereocenters. The van der Waals surface area contributed by atoms with Crippen molar-refractivity contribution < 1.29 is 19.1 Å². The van der Waals surface area contributed by atoms with Crippen molar-refractivity contribution in [2.24, 2.45) is 5.92 Å². The lowest BCUT2D eigenvalue weighted by Crippen LogP contribution is -2.66. The number of rotatable bonds is 5. The summed E-state index contributed by atoms with van der Waals surface area (Å²) in [5, 5.41) is 3.99. The molecule has 0 spiro atoms. The van der Waals surface area contributed by atoms with Gasteiger partial charge in [0.25, 0.3) is 0 Å². The van der Waals surface area contributed by atoms with Gasteiger partial charge < -0.3 is 19.9 Å². The highest BCUT2D eigenvalue weighted by Crippen LogP contribution is 2.41. The predicted molar refractivity (Wildman–Crippen MR) is 122 cm³/mol. The first-order chi connectivity index (χ1) is 15.0. The van der Waals surface area contributed by atoms with E-state index in [0.29, 0.717) is 12.3 Å². The Bertz CT molecular complexity index is 1050. The van der Waals surface area contributed by atoms with Crippen molar-refractivity contribution in [1.29, 1.82) is 0 Å². The van der Waals surface area contributed by atoms with Gasteiger partial charge in [-0.05, 0) is 51.2 Å². The number of nitrogens with zero attached hydrogens (tertiary/aromatic N) is 1. The van der Waals surface area contributed by atoms with Gasteiger partial charge in [-0.25, -0.2) is 0 Å². The average molecular weight is 440 g/mol. The van der Waals surface area contributed by atoms with Gasteiger partial charge in [0.15, 0.2) is 0 Å². The molecule has 3 atom stereocenters. The second-order valence-corrected chi connectivity index (χ2v) is 10.4. The van der Waals surface area contributed by atoms with Crippen molar-refractivity contribution in [3.8, 4) is 0 Å². The van der Waals surface area contributed by atoms with E-state index in [2.05, 4.69) is 30.2 Å². The highest BCUT2D eigenvalue weighted by molar-refractivity contribution is 5.99. The summed E-state index contributed by atoms with van der Waals surface area (Å²) < 4.78 is 5.37. The highest BCUT2D eigenvalue weighted by Gasteiger charge is 2.48. The SMILES string of the molecule is CC(C)C[C@H]1c2[nH]c3ccccc3c2C[C@H]2C(=O)N[C@H](CCC(=O)OC(C)(C)C)C(=O)N21. The number of hydrogen-bond acceptors (Lipinski definition) is 4. The molecular formula is C25H33N3O4. The van der Waals surface area contributed by atoms with Crippen LogP contribution in [0.5, 0.6) is 0 Å². The average Bonchev–Trinajstić information content (AvgIpc) is 3.06. The monoisotopic (exact) mass is 439 g/mol. The largest absolute Gasteiger partial charge is 0.460 e. The number of amides is 2. The quantitative estimate of drug-likeness (QED) is 0.696. The van der Waals surface area contributed by atoms with E-state index < -0.39 is 17.7 Å². The Balaban J connectivity index is 1.63. The van der Waals surface area contributed by atoms with Crippen LogP contribution in [0.2, 0.25) is 0 Å². The maximum absolute atomic E-state index is 13.6. The molecule has 2 aliphatic rings. The van der Waals surface area contributed by atoms with E-state index in [1.54, 1.807) is 4.90 Å². The van der Waals surface area contributed by atoms with Crippen molar-refractivity contribution in [2.45, 2.75) is 84.0 Å². The van der Waals surface area contributed by atoms with Crippen LogP contribution in [0.25, 0.3) is 10.9 Å². The second-order valence-electron chi connectivity index (χ2n) is 10.4. The number of ether oxygens (including phenoxy) is 1. The van der Waals surface area contributed by atoms with Crippen LogP contribution in [-0.4, -0.2) is 45.4 Å². The van der Waals surface area contributed by atoms with Gasteiger partial charge in [0.05, 0.1) is 6.04 Å². The number of para-hydroxylation sites is 1. The number of carbonyl (C=O) groups is 3. The Morgan fingerprint density at radius 2 is 1.94 bits per heavy atom. The number of fused-ring (bicyclic) bond motifs is 4. The van der Waals surface area contributed by atoms with Crippen molar-refractivity contribution >= 4 is 28.7 Å². The normalized spacial score (nSPS) is 23.2. The zero-order valence-corrected chi connectivity index (χ0v) is 19.5. The van der Waals surface area contributed by atoms with E-state index in [4.69, 9.17) is 4.74 Å². The van der Waals surface area contributed by atoms with Crippen LogP contribution in [0.4, 0.5) is 0 Å². The molecule has 4 rings (SSSR count). The highest BCUT2D eigenvalue weighted by atomic mass is 16.6. The molecule has 2 aliphatic heterocycles. The lowest BCUT2D eigenvalue weighted by molar-refractivity contribution is -0.157. The second kappa shape index (κ2) is 8.26. The first-order valence-electron chi connectivity index (χ1n) is 11.5. The molecule has 0 saturated carbocycles. The van der Waals surface area contributed by atoms with E-state index in [0.717, 1.165) is 28.6 Å². The van der Waals surface area contributed by atoms with Gasteiger partial charge in [-0.3, -0.25) is 14.4 Å². The van der Waals surface area contributed by atoms with Crippen molar-refractivity contribution in [1.82, 2.24) is 15.2 Å². The molecule has 0 radical (unpaired) electrons. The molecule has 1 aromatic heterocycles. The molecule has 1 aromatic carbocycles. The van der Waals surface area contributed by atoms with Gasteiger partial charge in [-0.2, -0.15) is 0 Å². The third-order valence-electron chi connectivity index (χ3n) is 6.17. The van der Waals surface area contributed by atoms with Crippen LogP contribution in [0.15, 0.2) is 24.3 Å². The number of aromatic amines is 1. The maximum Gasteiger partial charge on any atom is 0.306 e. The number of aromatic nitrogens is 1. The van der Waals surface area contributed by atoms with E-state index in [9.17, 15) is 14.4 Å². The molecule has 3 heterocycles. The summed E-state index contributed by atoms with van der Waals surface area (Å²) in [7, 11) is 0. The minimum absolute atomic E-state index is 0.0823. The van der Waals surface area contributed by atoms with Gasteiger partial charge in [0, 0.05) is 29.4 Å². The molecule has 172 valence electrons. The maximum atomic E-state index is 13.6. The first kappa shape index (κ1) is 22.4. The minimum Gasteiger partial charge on any atom is -0.460 e. The lowest BCUT2D eigenvalue weighted by atomic mass is 9.85. The Hall–Kier alpha value is -2.83. The number of benzene rings is 1. The van der Waals surface area contributed by atoms with Crippen LogP contribution in [0.3, 0.4) is 0 Å². The fourth-order valence-electron chi connectivity index (χ4n) is 4.94. The Labute approximate surface area is 188 Å². The smallest absolute Gasteiger partial charge is 0.306 e. The van der Waals surface area contributed by atoms with Crippen molar-refractivity contribution in [2.75, 3.05) is 0 Å². The molecule has 2 amide bonds. The summed E-state index contributed by atoms with van der Waals surface area (Å²) in [6, 6.07) is 6.64. The minimum atomic E-state index is -0.716. The number of esters is 1. The van der Waals surface area contributed by atoms with E-state index in [1.807, 2.05) is 39.0 Å². The van der Waals surface area contributed by atoms with Gasteiger partial charge in [0.2, 0.25) is 11.8 Å². The molecule has 1 fully saturated rings. The Morgan fingerprint density at radius 1 is 1.22 bits per heavy atom. The molecule has 0 bridgehead atoms. The molecule has 1 saturated heterocycles. The fraction of sp³-hybridized carbons (Fsp3) is 0.560. The summed E-state index contributed by atoms with van der Waals surface area (Å²) in [5.74, 6) is -0.287. The summed E-state index contributed by atoms with van der Waals surface area (Å²) in [6.45, 7) is 9.68. The van der Waals surface area contributed by atoms with E-state index >= 15 is 0 Å². The van der Waals surface area contributed by atoms with E-state index in [-0.39, 0.29) is 36.7 Å². The summed E-state index contributed by atoms with van der Waals surface area (Å²) >= 11 is 0. The van der Waals surface area contributed by atoms with Gasteiger partial charge in [0.1, 0.15) is 17.7 Å². The molecule has 2 N–H and O–H groups in total. The third kappa shape index (κ3) is 4.25. The lowest BCUT2D eigenvalue weighted by Gasteiger charge is -2.46. The van der Waals surface area contributed by atoms with E-state index in [1.165, 1.54) is 0 Å². The van der Waals surface area contributed by atoms with Crippen LogP contribution in [-0.2, 0) is 25.5 Å². The standard InChI is InChI=1S/C25H33N3O4/c1-14(2)12-19-22-16(15-8-6-7-9-17(15)26-22)13-20-23(30)27-18(24(31)28(19)20)10-11-21(29)32-25(3,4)5/h6-9,14,18-20,26H,10-13H2,1-5H3,(H,27,30)/t18-,19+,20+/m1/s1. The van der Waals surface area contributed by atoms with Gasteiger partial charge in [-0.15, -0.1) is 0 Å². The van der Waals surface area contributed by atoms with Crippen LogP contribution in [0, 0.1) is 5.92 Å². The molecule has 7 nitrogen and oxygen atoms in total. The molecular weight excluding hydrogens is 406 g/mol. The summed E-state index contributed by atoms with van der Waals surface area (Å²) in [6.07, 6.45) is 1.56. The van der Waals surface area contributed by atoms with Crippen molar-refractivity contribution in [3.05, 3.63) is 35.5 Å². The number of nitrogens with one attached hydrogen (secondary N) is 2. The summed E-state index contributed by atoms with van der Waals surface area (Å²) in [5.41, 5.74) is 2.61. The van der Waals surface area contributed by atoms with Gasteiger partial charge >= 0.3 is 5.97 Å². The molecule has 32 heavy (non-hydrogen) atoms. The van der Waals surface area contributed by atoms with Crippen LogP contribution < -0.4 is 5.32 Å². The summed E-state index contributed by atoms with van der Waals surface area (Å²) in [4.78, 5) is 44.2. The zero-order valence-electron chi connectivity index (χ0n) is 19.5. The van der Waals surface area contributed by atoms with Gasteiger partial charge in [-0.1, -0.05) is 32.0 Å². The molecule has 7 heteroatoms. The van der Waals surface area contributed by atoms with Crippen molar-refractivity contribution in [3.63, 3.8) is 0 Å². The third-order valence-corrected chi connectivity index (χ3v) is 6.17.